The van der Waals surface area contributed by atoms with Gasteiger partial charge in [-0.1, -0.05) is 6.92 Å². The van der Waals surface area contributed by atoms with Gasteiger partial charge in [0.1, 0.15) is 9.84 Å². The van der Waals surface area contributed by atoms with Gasteiger partial charge in [0, 0.05) is 30.5 Å². The molecule has 1 rings (SSSR count). The Balaban J connectivity index is 2.70. The first-order valence-corrected chi connectivity index (χ1v) is 7.19. The predicted molar refractivity (Wildman–Crippen MR) is 65.4 cm³/mol. The standard InChI is InChI=1S/C11H16N2O3S/c1-2-17(15,16)6-4-11(14)9-3-5-13-10(7-9)8-12/h3,5,7H,2,4,6,8,12H2,1H3. The molecule has 0 radical (unpaired) electrons. The van der Waals surface area contributed by atoms with Crippen LogP contribution >= 0.6 is 0 Å². The van der Waals surface area contributed by atoms with Crippen molar-refractivity contribution in [2.45, 2.75) is 19.9 Å². The van der Waals surface area contributed by atoms with E-state index in [1.807, 2.05) is 0 Å². The van der Waals surface area contributed by atoms with Crippen LogP contribution in [0, 0.1) is 0 Å². The van der Waals surface area contributed by atoms with Crippen molar-refractivity contribution in [3.8, 4) is 0 Å². The van der Waals surface area contributed by atoms with Crippen molar-refractivity contribution in [1.29, 1.82) is 0 Å². The molecule has 6 heteroatoms. The summed E-state index contributed by atoms with van der Waals surface area (Å²) in [6.07, 6.45) is 1.51. The SMILES string of the molecule is CCS(=O)(=O)CCC(=O)c1ccnc(CN)c1. The maximum Gasteiger partial charge on any atom is 0.164 e. The predicted octanol–water partition coefficient (Wildman–Crippen LogP) is 0.548. The van der Waals surface area contributed by atoms with E-state index >= 15 is 0 Å². The summed E-state index contributed by atoms with van der Waals surface area (Å²) >= 11 is 0. The van der Waals surface area contributed by atoms with Crippen LogP contribution in [0.2, 0.25) is 0 Å². The molecule has 0 aromatic carbocycles. The maximum atomic E-state index is 11.7. The van der Waals surface area contributed by atoms with Crippen LogP contribution in [0.1, 0.15) is 29.4 Å². The van der Waals surface area contributed by atoms with Crippen molar-refractivity contribution in [3.63, 3.8) is 0 Å². The third kappa shape index (κ3) is 4.24. The number of pyridine rings is 1. The summed E-state index contributed by atoms with van der Waals surface area (Å²) in [4.78, 5) is 15.7. The van der Waals surface area contributed by atoms with E-state index in [1.54, 1.807) is 19.1 Å². The van der Waals surface area contributed by atoms with Crippen molar-refractivity contribution in [2.24, 2.45) is 5.73 Å². The molecule has 0 unspecified atom stereocenters. The zero-order valence-corrected chi connectivity index (χ0v) is 10.5. The smallest absolute Gasteiger partial charge is 0.164 e. The average molecular weight is 256 g/mol. The summed E-state index contributed by atoms with van der Waals surface area (Å²) < 4.78 is 22.5. The number of nitrogens with two attached hydrogens (primary N) is 1. The van der Waals surface area contributed by atoms with E-state index in [9.17, 15) is 13.2 Å². The molecule has 17 heavy (non-hydrogen) atoms. The summed E-state index contributed by atoms with van der Waals surface area (Å²) in [6, 6.07) is 3.17. The molecule has 0 spiro atoms. The monoisotopic (exact) mass is 256 g/mol. The zero-order valence-electron chi connectivity index (χ0n) is 9.72. The summed E-state index contributed by atoms with van der Waals surface area (Å²) in [7, 11) is -3.10. The van der Waals surface area contributed by atoms with Crippen LogP contribution in [-0.4, -0.2) is 30.7 Å². The number of sulfone groups is 1. The minimum Gasteiger partial charge on any atom is -0.325 e. The molecular weight excluding hydrogens is 240 g/mol. The lowest BCUT2D eigenvalue weighted by Gasteiger charge is -2.03. The Hall–Kier alpha value is -1.27. The fourth-order valence-corrected chi connectivity index (χ4v) is 2.09. The van der Waals surface area contributed by atoms with Gasteiger partial charge in [0.25, 0.3) is 0 Å². The van der Waals surface area contributed by atoms with Crippen molar-refractivity contribution < 1.29 is 13.2 Å². The van der Waals surface area contributed by atoms with Gasteiger partial charge in [0.15, 0.2) is 5.78 Å². The van der Waals surface area contributed by atoms with Gasteiger partial charge in [0.2, 0.25) is 0 Å². The molecule has 0 saturated heterocycles. The van der Waals surface area contributed by atoms with Crippen LogP contribution in [0.4, 0.5) is 0 Å². The van der Waals surface area contributed by atoms with Crippen LogP contribution in [-0.2, 0) is 16.4 Å². The van der Waals surface area contributed by atoms with Gasteiger partial charge in [-0.3, -0.25) is 9.78 Å². The highest BCUT2D eigenvalue weighted by molar-refractivity contribution is 7.91. The summed E-state index contributed by atoms with van der Waals surface area (Å²) in [6.45, 7) is 1.83. The Kier molecular flexibility index (Phi) is 4.77. The lowest BCUT2D eigenvalue weighted by atomic mass is 10.1. The van der Waals surface area contributed by atoms with E-state index < -0.39 is 9.84 Å². The number of hydrogen-bond acceptors (Lipinski definition) is 5. The second-order valence-corrected chi connectivity index (χ2v) is 6.12. The highest BCUT2D eigenvalue weighted by Gasteiger charge is 2.13. The Bertz CT molecular complexity index is 497. The van der Waals surface area contributed by atoms with E-state index in [1.165, 1.54) is 6.20 Å². The van der Waals surface area contributed by atoms with Crippen molar-refractivity contribution >= 4 is 15.6 Å². The Morgan fingerprint density at radius 3 is 2.76 bits per heavy atom. The first kappa shape index (κ1) is 13.8. The molecule has 94 valence electrons. The largest absolute Gasteiger partial charge is 0.325 e. The molecule has 5 nitrogen and oxygen atoms in total. The fraction of sp³-hybridized carbons (Fsp3) is 0.455. The number of carbonyl (C=O) groups excluding carboxylic acids is 1. The topological polar surface area (TPSA) is 90.1 Å². The number of carbonyl (C=O) groups is 1. The van der Waals surface area contributed by atoms with Crippen molar-refractivity contribution in [2.75, 3.05) is 11.5 Å². The molecule has 1 aromatic rings. The molecule has 0 aliphatic heterocycles. The highest BCUT2D eigenvalue weighted by atomic mass is 32.2. The van der Waals surface area contributed by atoms with Gasteiger partial charge in [-0.05, 0) is 12.1 Å². The summed E-state index contributed by atoms with van der Waals surface area (Å²) in [5.41, 5.74) is 6.50. The van der Waals surface area contributed by atoms with E-state index in [4.69, 9.17) is 5.73 Å². The van der Waals surface area contributed by atoms with E-state index in [2.05, 4.69) is 4.98 Å². The molecule has 0 saturated carbocycles. The molecule has 0 bridgehead atoms. The van der Waals surface area contributed by atoms with Gasteiger partial charge < -0.3 is 5.73 Å². The first-order chi connectivity index (χ1) is 7.98. The van der Waals surface area contributed by atoms with Crippen LogP contribution in [0.3, 0.4) is 0 Å². The molecule has 0 atom stereocenters. The number of Topliss-reactive ketones (excluding diaryl/α,β-unsaturated/α-hetero) is 1. The van der Waals surface area contributed by atoms with Crippen LogP contribution in [0.25, 0.3) is 0 Å². The van der Waals surface area contributed by atoms with Crippen LogP contribution < -0.4 is 5.73 Å². The molecule has 0 aliphatic rings. The van der Waals surface area contributed by atoms with Crippen molar-refractivity contribution in [1.82, 2.24) is 4.98 Å². The lowest BCUT2D eigenvalue weighted by molar-refractivity contribution is 0.0988. The Labute approximate surface area is 101 Å². The number of rotatable bonds is 6. The molecule has 1 aromatic heterocycles. The molecule has 0 amide bonds. The summed E-state index contributed by atoms with van der Waals surface area (Å²) in [5.74, 6) is -0.244. The molecule has 2 N–H and O–H groups in total. The van der Waals surface area contributed by atoms with Gasteiger partial charge in [-0.15, -0.1) is 0 Å². The second-order valence-electron chi connectivity index (χ2n) is 3.65. The lowest BCUT2D eigenvalue weighted by Crippen LogP contribution is -2.13. The minimum atomic E-state index is -3.10. The first-order valence-electron chi connectivity index (χ1n) is 5.37. The molecular formula is C11H16N2O3S. The highest BCUT2D eigenvalue weighted by Crippen LogP contribution is 2.06. The van der Waals surface area contributed by atoms with Crippen LogP contribution in [0.15, 0.2) is 18.3 Å². The summed E-state index contributed by atoms with van der Waals surface area (Å²) in [5, 5.41) is 0. The Morgan fingerprint density at radius 2 is 2.18 bits per heavy atom. The quantitative estimate of drug-likeness (QED) is 0.750. The Morgan fingerprint density at radius 1 is 1.47 bits per heavy atom. The third-order valence-electron chi connectivity index (χ3n) is 2.43. The average Bonchev–Trinajstić information content (AvgIpc) is 2.36. The number of aromatic nitrogens is 1. The second kappa shape index (κ2) is 5.88. The molecule has 0 fully saturated rings. The van der Waals surface area contributed by atoms with Gasteiger partial charge in [0.05, 0.1) is 11.4 Å². The molecule has 1 heterocycles. The van der Waals surface area contributed by atoms with Gasteiger partial charge >= 0.3 is 0 Å². The number of hydrogen-bond donors (Lipinski definition) is 1. The van der Waals surface area contributed by atoms with Crippen molar-refractivity contribution in [3.05, 3.63) is 29.6 Å². The number of nitrogens with zero attached hydrogens (tertiary/aromatic N) is 1. The van der Waals surface area contributed by atoms with Gasteiger partial charge in [-0.25, -0.2) is 8.42 Å². The zero-order chi connectivity index (χ0) is 12.9. The molecule has 0 aliphatic carbocycles. The van der Waals surface area contributed by atoms with E-state index in [0.29, 0.717) is 11.3 Å². The van der Waals surface area contributed by atoms with Crippen LogP contribution in [0.5, 0.6) is 0 Å². The van der Waals surface area contributed by atoms with E-state index in [0.717, 1.165) is 0 Å². The van der Waals surface area contributed by atoms with Gasteiger partial charge in [-0.2, -0.15) is 0 Å². The minimum absolute atomic E-state index is 0.00416. The number of ketones is 1. The van der Waals surface area contributed by atoms with E-state index in [-0.39, 0.29) is 30.3 Å². The third-order valence-corrected chi connectivity index (χ3v) is 4.13. The maximum absolute atomic E-state index is 11.7. The fourth-order valence-electron chi connectivity index (χ4n) is 1.30. The normalized spacial score (nSPS) is 11.4.